The Morgan fingerprint density at radius 1 is 0.742 bits per heavy atom. The Bertz CT molecular complexity index is 996. The van der Waals surface area contributed by atoms with Crippen molar-refractivity contribution < 1.29 is 45.1 Å². The van der Waals surface area contributed by atoms with E-state index in [1.54, 1.807) is 11.1 Å². The number of benzene rings is 2. The molecule has 31 heavy (non-hydrogen) atoms. The summed E-state index contributed by atoms with van der Waals surface area (Å²) in [5, 5.41) is 0. The van der Waals surface area contributed by atoms with Crippen LogP contribution in [-0.4, -0.2) is 0 Å². The molecule has 1 aliphatic heterocycles. The van der Waals surface area contributed by atoms with E-state index in [4.69, 9.17) is 0 Å². The van der Waals surface area contributed by atoms with Gasteiger partial charge in [0.1, 0.15) is 0 Å². The molecular weight excluding hydrogens is 498 g/mol. The van der Waals surface area contributed by atoms with Crippen LogP contribution < -0.4 is 24.8 Å². The minimum Gasteiger partial charge on any atom is -1.00 e. The van der Waals surface area contributed by atoms with E-state index in [1.807, 2.05) is 3.28 Å². The Morgan fingerprint density at radius 2 is 1.23 bits per heavy atom. The first kappa shape index (κ1) is 25.0. The largest absolute Gasteiger partial charge is 1.00 e. The Hall–Kier alpha value is -0.617. The molecule has 5 rings (SSSR count). The Morgan fingerprint density at radius 3 is 1.58 bits per heavy atom. The van der Waals surface area contributed by atoms with E-state index >= 15 is 0 Å². The number of rotatable bonds is 2. The maximum atomic E-state index is 2.53. The number of halogens is 2. The van der Waals surface area contributed by atoms with Crippen molar-refractivity contribution in [2.24, 2.45) is 0 Å². The summed E-state index contributed by atoms with van der Waals surface area (Å²) >= 11 is -2.32. The molecule has 3 heteroatoms. The van der Waals surface area contributed by atoms with Crippen LogP contribution in [-0.2, 0) is 31.1 Å². The fourth-order valence-corrected chi connectivity index (χ4v) is 20.5. The maximum Gasteiger partial charge on any atom is -1.00 e. The summed E-state index contributed by atoms with van der Waals surface area (Å²) in [6, 6.07) is 14.9. The predicted molar refractivity (Wildman–Crippen MR) is 123 cm³/mol. The molecule has 0 N–H and O–H groups in total. The summed E-state index contributed by atoms with van der Waals surface area (Å²) in [6.45, 7) is 14.0. The second kappa shape index (κ2) is 8.31. The van der Waals surface area contributed by atoms with Crippen molar-refractivity contribution in [2.45, 2.75) is 70.7 Å². The van der Waals surface area contributed by atoms with Crippen LogP contribution >= 0.6 is 0 Å². The zero-order chi connectivity index (χ0) is 20.6. The SMILES string of the molecule is CC(C)(C)c1ccc2c(c1)-c1cc(C(C)(C)C)ccc1[CH]2[Zr+2]1([C]2=CC=CC2)[CH2][CH2]1.[Cl-].[Cl-]. The number of hydrogen-bond acceptors (Lipinski definition) is 0. The van der Waals surface area contributed by atoms with Crippen LogP contribution in [0.5, 0.6) is 0 Å². The van der Waals surface area contributed by atoms with Gasteiger partial charge in [-0.2, -0.15) is 0 Å². The summed E-state index contributed by atoms with van der Waals surface area (Å²) in [4.78, 5) is 0. The van der Waals surface area contributed by atoms with Crippen LogP contribution in [0.15, 0.2) is 57.9 Å². The normalized spacial score (nSPS) is 17.5. The first-order valence-corrected chi connectivity index (χ1v) is 17.4. The van der Waals surface area contributed by atoms with E-state index in [-0.39, 0.29) is 35.6 Å². The molecule has 0 atom stereocenters. The average Bonchev–Trinajstić information content (AvgIpc) is 3.13. The molecule has 0 saturated carbocycles. The molecule has 0 radical (unpaired) electrons. The number of hydrogen-bond donors (Lipinski definition) is 0. The monoisotopic (exact) mass is 530 g/mol. The van der Waals surface area contributed by atoms with E-state index in [0.717, 1.165) is 3.63 Å². The van der Waals surface area contributed by atoms with Crippen LogP contribution in [0.3, 0.4) is 0 Å². The van der Waals surface area contributed by atoms with Gasteiger partial charge >= 0.3 is 182 Å². The molecule has 1 heterocycles. The molecule has 0 spiro atoms. The van der Waals surface area contributed by atoms with Gasteiger partial charge in [0.15, 0.2) is 0 Å². The van der Waals surface area contributed by atoms with Crippen molar-refractivity contribution in [1.29, 1.82) is 0 Å². The first-order chi connectivity index (χ1) is 13.6. The molecule has 0 amide bonds. The molecule has 0 bridgehead atoms. The topological polar surface area (TPSA) is 0 Å². The zero-order valence-corrected chi connectivity index (χ0v) is 23.6. The van der Waals surface area contributed by atoms with Crippen LogP contribution in [0.2, 0.25) is 8.26 Å². The third kappa shape index (κ3) is 4.09. The van der Waals surface area contributed by atoms with E-state index < -0.39 is 20.3 Å². The smallest absolute Gasteiger partial charge is 1.00 e. The van der Waals surface area contributed by atoms with Gasteiger partial charge < -0.3 is 24.8 Å². The van der Waals surface area contributed by atoms with Gasteiger partial charge in [-0.25, -0.2) is 0 Å². The molecule has 3 aliphatic rings. The fraction of sp³-hybridized carbons (Fsp3) is 0.429. The van der Waals surface area contributed by atoms with Crippen molar-refractivity contribution >= 4 is 0 Å². The zero-order valence-electron chi connectivity index (χ0n) is 19.7. The number of allylic oxidation sites excluding steroid dienone is 4. The van der Waals surface area contributed by atoms with E-state index in [1.165, 1.54) is 36.9 Å². The van der Waals surface area contributed by atoms with Gasteiger partial charge in [0.2, 0.25) is 0 Å². The molecule has 0 aromatic heterocycles. The Balaban J connectivity index is 0.00000136. The quantitative estimate of drug-likeness (QED) is 0.557. The van der Waals surface area contributed by atoms with Crippen LogP contribution in [0, 0.1) is 0 Å². The fourth-order valence-electron chi connectivity index (χ4n) is 5.52. The molecule has 0 nitrogen and oxygen atoms in total. The number of fused-ring (bicyclic) bond motifs is 3. The van der Waals surface area contributed by atoms with Crippen LogP contribution in [0.4, 0.5) is 0 Å². The third-order valence-corrected chi connectivity index (χ3v) is 19.7. The van der Waals surface area contributed by atoms with Gasteiger partial charge in [-0.1, -0.05) is 0 Å². The van der Waals surface area contributed by atoms with Crippen molar-refractivity contribution in [2.75, 3.05) is 0 Å². The van der Waals surface area contributed by atoms with Crippen molar-refractivity contribution in [3.05, 3.63) is 80.2 Å². The van der Waals surface area contributed by atoms with E-state index in [0.29, 0.717) is 0 Å². The Kier molecular flexibility index (Phi) is 6.70. The van der Waals surface area contributed by atoms with E-state index in [9.17, 15) is 0 Å². The van der Waals surface area contributed by atoms with Crippen molar-refractivity contribution in [3.63, 3.8) is 0 Å². The van der Waals surface area contributed by atoms with Gasteiger partial charge in [0.25, 0.3) is 0 Å². The van der Waals surface area contributed by atoms with Crippen LogP contribution in [0.25, 0.3) is 11.1 Å². The van der Waals surface area contributed by atoms with Crippen molar-refractivity contribution in [3.8, 4) is 11.1 Å². The van der Waals surface area contributed by atoms with Gasteiger partial charge in [-0.3, -0.25) is 0 Å². The molecule has 1 fully saturated rings. The molecular formula is C28H34Cl2Zr. The van der Waals surface area contributed by atoms with Crippen LogP contribution in [0.1, 0.15) is 73.8 Å². The predicted octanol–water partition coefficient (Wildman–Crippen LogP) is 2.21. The second-order valence-electron chi connectivity index (χ2n) is 11.5. The van der Waals surface area contributed by atoms with Gasteiger partial charge in [0, 0.05) is 0 Å². The minimum atomic E-state index is -2.32. The van der Waals surface area contributed by atoms with E-state index in [2.05, 4.69) is 96.2 Å². The molecule has 1 saturated heterocycles. The maximum absolute atomic E-state index is 2.53. The summed E-state index contributed by atoms with van der Waals surface area (Å²) in [5.41, 5.74) is 9.69. The van der Waals surface area contributed by atoms with Crippen molar-refractivity contribution in [1.82, 2.24) is 0 Å². The molecule has 2 aliphatic carbocycles. The summed E-state index contributed by atoms with van der Waals surface area (Å²) in [7, 11) is 0. The summed E-state index contributed by atoms with van der Waals surface area (Å²) in [6.07, 6.45) is 8.42. The molecule has 164 valence electrons. The standard InChI is InChI=1S/C21H25.C5H5.C2H4.2ClH.Zr/c1-20(2,3)16-9-7-14-11-15-8-10-17(21(4,5)6)13-19(15)18(14)12-16;1-2-4-5-3-1;1-2;;;/h7-13H,1-6H3;1-3H,4H2;1-2H2;2*1H;/q;;;;;+2/p-2. The average molecular weight is 533 g/mol. The van der Waals surface area contributed by atoms with Gasteiger partial charge in [-0.15, -0.1) is 0 Å². The minimum absolute atomic E-state index is 0. The summed E-state index contributed by atoms with van der Waals surface area (Å²) in [5.74, 6) is 0. The molecule has 2 aromatic rings. The Labute approximate surface area is 205 Å². The first-order valence-electron chi connectivity index (χ1n) is 11.3. The molecule has 2 aromatic carbocycles. The van der Waals surface area contributed by atoms with Gasteiger partial charge in [0.05, 0.1) is 0 Å². The summed E-state index contributed by atoms with van der Waals surface area (Å²) < 4.78 is 5.66. The molecule has 0 unspecified atom stereocenters. The second-order valence-corrected chi connectivity index (χ2v) is 22.7. The van der Waals surface area contributed by atoms with Gasteiger partial charge in [-0.05, 0) is 0 Å². The third-order valence-electron chi connectivity index (χ3n) is 7.50.